The third-order valence-corrected chi connectivity index (χ3v) is 14.0. The lowest BCUT2D eigenvalue weighted by atomic mass is 9.81. The largest absolute Gasteiger partial charge is 0.358 e. The molecule has 4 aromatic carbocycles. The van der Waals surface area contributed by atoms with E-state index in [1.165, 1.54) is 78.5 Å². The quantitative estimate of drug-likeness (QED) is 0.149. The van der Waals surface area contributed by atoms with Crippen molar-refractivity contribution in [2.45, 2.75) is 77.3 Å². The smallest absolute Gasteiger partial charge is 0.0517 e. The Morgan fingerprint density at radius 3 is 1.69 bits per heavy atom. The van der Waals surface area contributed by atoms with Gasteiger partial charge in [0.1, 0.15) is 0 Å². The predicted molar refractivity (Wildman–Crippen MR) is 273 cm³/mol. The average molecular weight is 833 g/mol. The molecule has 0 spiro atoms. The van der Waals surface area contributed by atoms with Gasteiger partial charge in [-0.05, 0) is 161 Å². The molecule has 4 unspecified atom stereocenters. The molecule has 2 heteroatoms. The molecule has 6 aliphatic carbocycles. The summed E-state index contributed by atoms with van der Waals surface area (Å²) < 4.78 is 0. The van der Waals surface area contributed by atoms with E-state index in [4.69, 9.17) is 0 Å². The molecule has 4 atom stereocenters. The van der Waals surface area contributed by atoms with Crippen molar-refractivity contribution >= 4 is 22.6 Å². The van der Waals surface area contributed by atoms with Crippen LogP contribution in [0.25, 0.3) is 16.7 Å². The third kappa shape index (κ3) is 8.93. The van der Waals surface area contributed by atoms with E-state index in [0.29, 0.717) is 11.8 Å². The van der Waals surface area contributed by atoms with Crippen molar-refractivity contribution < 1.29 is 0 Å². The number of nitrogens with zero attached hydrogens (tertiary/aromatic N) is 2. The molecule has 0 heterocycles. The highest BCUT2D eigenvalue weighted by Crippen LogP contribution is 2.42. The van der Waals surface area contributed by atoms with E-state index in [0.717, 1.165) is 51.4 Å². The summed E-state index contributed by atoms with van der Waals surface area (Å²) in [6, 6.07) is 40.7. The molecule has 0 fully saturated rings. The first-order valence-corrected chi connectivity index (χ1v) is 23.8. The summed E-state index contributed by atoms with van der Waals surface area (Å²) in [7, 11) is 0. The van der Waals surface area contributed by atoms with Crippen LogP contribution in [0.15, 0.2) is 246 Å². The van der Waals surface area contributed by atoms with Crippen molar-refractivity contribution in [3.63, 3.8) is 0 Å². The molecule has 0 saturated heterocycles. The first kappa shape index (κ1) is 41.4. The minimum absolute atomic E-state index is 0.256. The zero-order chi connectivity index (χ0) is 43.2. The second kappa shape index (κ2) is 19.0. The van der Waals surface area contributed by atoms with Gasteiger partial charge in [0.2, 0.25) is 0 Å². The number of hydrogen-bond donors (Lipinski definition) is 0. The van der Waals surface area contributed by atoms with Crippen molar-refractivity contribution in [1.29, 1.82) is 0 Å². The van der Waals surface area contributed by atoms with Gasteiger partial charge >= 0.3 is 0 Å². The fourth-order valence-corrected chi connectivity index (χ4v) is 10.6. The van der Waals surface area contributed by atoms with Gasteiger partial charge in [-0.3, -0.25) is 0 Å². The van der Waals surface area contributed by atoms with Gasteiger partial charge in [-0.15, -0.1) is 0 Å². The Balaban J connectivity index is 0.887. The minimum atomic E-state index is 0.256. The molecule has 2 nitrogen and oxygen atoms in total. The summed E-state index contributed by atoms with van der Waals surface area (Å²) in [6.07, 6.45) is 46.5. The molecule has 0 N–H and O–H groups in total. The Morgan fingerprint density at radius 1 is 0.453 bits per heavy atom. The zero-order valence-corrected chi connectivity index (χ0v) is 37.5. The topological polar surface area (TPSA) is 6.48 Å². The number of anilines is 3. The molecule has 0 bridgehead atoms. The van der Waals surface area contributed by atoms with Crippen molar-refractivity contribution in [2.75, 3.05) is 9.80 Å². The summed E-state index contributed by atoms with van der Waals surface area (Å²) in [6.45, 7) is 4.78. The van der Waals surface area contributed by atoms with Crippen LogP contribution in [-0.4, -0.2) is 12.1 Å². The van der Waals surface area contributed by atoms with Crippen molar-refractivity contribution in [3.8, 4) is 11.1 Å². The van der Waals surface area contributed by atoms with Crippen LogP contribution in [0.1, 0.15) is 70.8 Å². The molecule has 0 radical (unpaired) electrons. The third-order valence-electron chi connectivity index (χ3n) is 14.0. The fraction of sp³-hybridized carbons (Fsp3) is 0.226. The van der Waals surface area contributed by atoms with Crippen LogP contribution < -0.4 is 9.80 Å². The maximum Gasteiger partial charge on any atom is 0.0517 e. The number of benzene rings is 4. The van der Waals surface area contributed by atoms with Gasteiger partial charge < -0.3 is 9.80 Å². The molecule has 4 aromatic rings. The predicted octanol–water partition coefficient (Wildman–Crippen LogP) is 16.3. The van der Waals surface area contributed by atoms with Crippen LogP contribution in [0.2, 0.25) is 0 Å². The van der Waals surface area contributed by atoms with Gasteiger partial charge in [0.25, 0.3) is 0 Å². The van der Waals surface area contributed by atoms with E-state index in [1.54, 1.807) is 0 Å². The first-order valence-electron chi connectivity index (χ1n) is 23.8. The molecule has 6 aliphatic rings. The lowest BCUT2D eigenvalue weighted by Gasteiger charge is -2.40. The van der Waals surface area contributed by atoms with Crippen LogP contribution in [0.4, 0.5) is 17.1 Å². The molecule has 10 rings (SSSR count). The summed E-state index contributed by atoms with van der Waals surface area (Å²) in [4.78, 5) is 5.12. The van der Waals surface area contributed by atoms with E-state index >= 15 is 0 Å². The minimum Gasteiger partial charge on any atom is -0.358 e. The van der Waals surface area contributed by atoms with Crippen LogP contribution >= 0.6 is 0 Å². The monoisotopic (exact) mass is 832 g/mol. The summed E-state index contributed by atoms with van der Waals surface area (Å²) >= 11 is 0. The van der Waals surface area contributed by atoms with Crippen molar-refractivity contribution in [1.82, 2.24) is 0 Å². The molecule has 0 aromatic heterocycles. The highest BCUT2D eigenvalue weighted by Gasteiger charge is 2.29. The molecule has 318 valence electrons. The Labute approximate surface area is 382 Å². The van der Waals surface area contributed by atoms with Gasteiger partial charge in [0.05, 0.1) is 12.1 Å². The Bertz CT molecular complexity index is 2720. The molecular formula is C62H60N2. The Kier molecular flexibility index (Phi) is 12.3. The first-order chi connectivity index (χ1) is 31.6. The number of para-hydroxylation sites is 1. The summed E-state index contributed by atoms with van der Waals surface area (Å²) in [5.74, 6) is 0.875. The van der Waals surface area contributed by atoms with Gasteiger partial charge in [0, 0.05) is 22.8 Å². The van der Waals surface area contributed by atoms with E-state index < -0.39 is 0 Å². The Hall–Kier alpha value is -6.64. The van der Waals surface area contributed by atoms with E-state index in [9.17, 15) is 0 Å². The van der Waals surface area contributed by atoms with Gasteiger partial charge in [0.15, 0.2) is 0 Å². The highest BCUT2D eigenvalue weighted by atomic mass is 15.2. The fourth-order valence-electron chi connectivity index (χ4n) is 10.6. The maximum atomic E-state index is 2.66. The number of hydrogen-bond acceptors (Lipinski definition) is 2. The highest BCUT2D eigenvalue weighted by molar-refractivity contribution is 5.75. The molecule has 0 aliphatic heterocycles. The lowest BCUT2D eigenvalue weighted by Crippen LogP contribution is -2.42. The normalized spacial score (nSPS) is 22.8. The van der Waals surface area contributed by atoms with E-state index in [-0.39, 0.29) is 12.1 Å². The number of allylic oxidation sites excluding steroid dienone is 20. The molecule has 0 amide bonds. The summed E-state index contributed by atoms with van der Waals surface area (Å²) in [5.41, 5.74) is 18.7. The average Bonchev–Trinajstić information content (AvgIpc) is 3.36. The SMILES string of the molecule is CC1CC(c2ccc(N(C3=CC=C(C4=CCC(N(c5ccc(-c6ccccc6)cc5)C5C=CC(C6=CC=CCC6)=CC5)C=C4)C(C)C3)c3ccccc3)cc2)=CC=C1C1=CCCC=C1. The second-order valence-electron chi connectivity index (χ2n) is 18.3. The van der Waals surface area contributed by atoms with Crippen LogP contribution in [0.3, 0.4) is 0 Å². The number of rotatable bonds is 11. The van der Waals surface area contributed by atoms with E-state index in [2.05, 4.69) is 230 Å². The van der Waals surface area contributed by atoms with Gasteiger partial charge in [-0.25, -0.2) is 0 Å². The Morgan fingerprint density at radius 2 is 1.06 bits per heavy atom. The van der Waals surface area contributed by atoms with Crippen molar-refractivity contribution in [2.24, 2.45) is 11.8 Å². The van der Waals surface area contributed by atoms with E-state index in [1.807, 2.05) is 0 Å². The van der Waals surface area contributed by atoms with Crippen LogP contribution in [0.5, 0.6) is 0 Å². The van der Waals surface area contributed by atoms with Gasteiger partial charge in [-0.2, -0.15) is 0 Å². The van der Waals surface area contributed by atoms with Crippen LogP contribution in [0, 0.1) is 11.8 Å². The maximum absolute atomic E-state index is 2.66. The van der Waals surface area contributed by atoms with Crippen molar-refractivity contribution in [3.05, 3.63) is 251 Å². The van der Waals surface area contributed by atoms with Gasteiger partial charge in [-0.1, -0.05) is 178 Å². The molecule has 0 saturated carbocycles. The molecule has 64 heavy (non-hydrogen) atoms. The standard InChI is InChI=1S/C62H60N2/c1-45-43-54(31-41-61(45)52-19-11-5-12-20-52)51-27-36-59(37-28-51)64(55-21-13-6-14-22-55)60-40-42-62(46(2)44-60)53-29-38-58(39-30-53)63(56-32-23-49(24-33-56)47-15-7-3-8-16-47)57-34-25-50(26-35-57)48-17-9-4-10-18-48/h3-4,6-9,11,13-17,19-34,36-38,40-42,45-46,57-58H,5,10,12,18,35,39,43-44H2,1-2H3. The lowest BCUT2D eigenvalue weighted by molar-refractivity contribution is 0.609. The molecular weight excluding hydrogens is 773 g/mol. The van der Waals surface area contributed by atoms with Crippen LogP contribution in [-0.2, 0) is 0 Å². The second-order valence-corrected chi connectivity index (χ2v) is 18.3. The summed E-state index contributed by atoms with van der Waals surface area (Å²) in [5, 5.41) is 0. The zero-order valence-electron chi connectivity index (χ0n) is 37.5.